The molecule has 0 fully saturated rings. The van der Waals surface area contributed by atoms with Crippen molar-refractivity contribution in [2.45, 2.75) is 26.7 Å². The van der Waals surface area contributed by atoms with Crippen LogP contribution >= 0.6 is 11.3 Å². The molecule has 4 heteroatoms. The fourth-order valence-corrected chi connectivity index (χ4v) is 3.54. The first-order chi connectivity index (χ1) is 10.1. The average molecular weight is 301 g/mol. The van der Waals surface area contributed by atoms with Crippen LogP contribution in [0.2, 0.25) is 0 Å². The number of nitrogens with one attached hydrogen (secondary N) is 1. The van der Waals surface area contributed by atoms with Gasteiger partial charge in [0.1, 0.15) is 0 Å². The number of aromatic nitrogens is 1. The van der Waals surface area contributed by atoms with Crippen LogP contribution in [-0.4, -0.2) is 25.1 Å². The highest BCUT2D eigenvalue weighted by Crippen LogP contribution is 2.34. The predicted molar refractivity (Wildman–Crippen MR) is 92.5 cm³/mol. The van der Waals surface area contributed by atoms with E-state index in [1.54, 1.807) is 11.3 Å². The van der Waals surface area contributed by atoms with Crippen LogP contribution in [0.15, 0.2) is 24.4 Å². The molecule has 3 nitrogen and oxygen atoms in total. The number of fused-ring (bicyclic) bond motifs is 1. The lowest BCUT2D eigenvalue weighted by atomic mass is 9.99. The third-order valence-electron chi connectivity index (χ3n) is 3.88. The second-order valence-corrected chi connectivity index (χ2v) is 7.20. The predicted octanol–water partition coefficient (Wildman–Crippen LogP) is 4.26. The molecule has 1 aromatic heterocycles. The van der Waals surface area contributed by atoms with Crippen molar-refractivity contribution in [2.75, 3.05) is 30.4 Å². The minimum Gasteiger partial charge on any atom is -0.374 e. The highest BCUT2D eigenvalue weighted by Gasteiger charge is 2.15. The first kappa shape index (κ1) is 14.4. The molecule has 3 rings (SSSR count). The molecule has 0 spiro atoms. The van der Waals surface area contributed by atoms with Crippen molar-refractivity contribution in [3.8, 4) is 10.4 Å². The zero-order chi connectivity index (χ0) is 14.8. The maximum atomic E-state index is 4.49. The van der Waals surface area contributed by atoms with Gasteiger partial charge in [-0.1, -0.05) is 31.3 Å². The van der Waals surface area contributed by atoms with Gasteiger partial charge in [0.15, 0.2) is 5.13 Å². The standard InChI is InChI=1S/C17H23N3S/c1-12(2)10-18-17-19-11-16(21-17)14-6-7-15-13(9-14)5-4-8-20(15)3/h6-7,9,11-12H,4-5,8,10H2,1-3H3,(H,18,19). The molecule has 0 amide bonds. The average Bonchev–Trinajstić information content (AvgIpc) is 2.94. The lowest BCUT2D eigenvalue weighted by Gasteiger charge is -2.27. The fourth-order valence-electron chi connectivity index (χ4n) is 2.72. The van der Waals surface area contributed by atoms with Crippen molar-refractivity contribution in [3.05, 3.63) is 30.0 Å². The number of thiazole rings is 1. The quantitative estimate of drug-likeness (QED) is 0.914. The zero-order valence-electron chi connectivity index (χ0n) is 13.0. The van der Waals surface area contributed by atoms with Crippen molar-refractivity contribution in [1.29, 1.82) is 0 Å². The lowest BCUT2D eigenvalue weighted by Crippen LogP contribution is -2.24. The molecule has 1 N–H and O–H groups in total. The first-order valence-electron chi connectivity index (χ1n) is 7.67. The molecule has 112 valence electrons. The Balaban J connectivity index is 1.81. The second-order valence-electron chi connectivity index (χ2n) is 6.17. The van der Waals surface area contributed by atoms with E-state index in [9.17, 15) is 0 Å². The van der Waals surface area contributed by atoms with Gasteiger partial charge in [-0.05, 0) is 42.0 Å². The Hall–Kier alpha value is -1.55. The lowest BCUT2D eigenvalue weighted by molar-refractivity contribution is 0.688. The molecule has 1 aliphatic heterocycles. The molecule has 2 aromatic rings. The van der Waals surface area contributed by atoms with E-state index in [2.05, 4.69) is 54.3 Å². The van der Waals surface area contributed by atoms with Crippen LogP contribution in [0.5, 0.6) is 0 Å². The van der Waals surface area contributed by atoms with Gasteiger partial charge < -0.3 is 10.2 Å². The number of hydrogen-bond acceptors (Lipinski definition) is 4. The number of hydrogen-bond donors (Lipinski definition) is 1. The Morgan fingerprint density at radius 2 is 2.24 bits per heavy atom. The molecule has 1 aromatic carbocycles. The van der Waals surface area contributed by atoms with Crippen molar-refractivity contribution in [2.24, 2.45) is 5.92 Å². The summed E-state index contributed by atoms with van der Waals surface area (Å²) in [6.07, 6.45) is 4.42. The first-order valence-corrected chi connectivity index (χ1v) is 8.49. The SMILES string of the molecule is CC(C)CNc1ncc(-c2ccc3c(c2)CCCN3C)s1. The van der Waals surface area contributed by atoms with Crippen molar-refractivity contribution >= 4 is 22.2 Å². The maximum Gasteiger partial charge on any atom is 0.183 e. The number of benzene rings is 1. The Morgan fingerprint density at radius 1 is 1.38 bits per heavy atom. The van der Waals surface area contributed by atoms with Gasteiger partial charge in [0.2, 0.25) is 0 Å². The molecule has 0 saturated carbocycles. The summed E-state index contributed by atoms with van der Waals surface area (Å²) in [5.74, 6) is 0.636. The minimum atomic E-state index is 0.636. The molecule has 0 bridgehead atoms. The van der Waals surface area contributed by atoms with Crippen LogP contribution in [0.3, 0.4) is 0 Å². The smallest absolute Gasteiger partial charge is 0.183 e. The summed E-state index contributed by atoms with van der Waals surface area (Å²) in [5, 5.41) is 4.42. The van der Waals surface area contributed by atoms with E-state index in [0.717, 1.165) is 18.2 Å². The monoisotopic (exact) mass is 301 g/mol. The van der Waals surface area contributed by atoms with Crippen LogP contribution < -0.4 is 10.2 Å². The van der Waals surface area contributed by atoms with Crippen LogP contribution in [0.1, 0.15) is 25.8 Å². The largest absolute Gasteiger partial charge is 0.374 e. The van der Waals surface area contributed by atoms with E-state index < -0.39 is 0 Å². The molecule has 0 unspecified atom stereocenters. The van der Waals surface area contributed by atoms with Crippen molar-refractivity contribution < 1.29 is 0 Å². The molecule has 0 atom stereocenters. The molecular weight excluding hydrogens is 278 g/mol. The summed E-state index contributed by atoms with van der Waals surface area (Å²) in [7, 11) is 2.18. The number of anilines is 2. The number of rotatable bonds is 4. The van der Waals surface area contributed by atoms with Crippen LogP contribution in [0.25, 0.3) is 10.4 Å². The van der Waals surface area contributed by atoms with E-state index >= 15 is 0 Å². The molecule has 0 saturated heterocycles. The minimum absolute atomic E-state index is 0.636. The molecule has 0 aliphatic carbocycles. The summed E-state index contributed by atoms with van der Waals surface area (Å²) in [6, 6.07) is 6.82. The highest BCUT2D eigenvalue weighted by molar-refractivity contribution is 7.18. The summed E-state index contributed by atoms with van der Waals surface area (Å²) < 4.78 is 0. The van der Waals surface area contributed by atoms with E-state index in [1.165, 1.54) is 34.5 Å². The summed E-state index contributed by atoms with van der Waals surface area (Å²) in [4.78, 5) is 8.09. The Morgan fingerprint density at radius 3 is 3.05 bits per heavy atom. The molecular formula is C17H23N3S. The Kier molecular flexibility index (Phi) is 4.15. The summed E-state index contributed by atoms with van der Waals surface area (Å²) >= 11 is 1.74. The van der Waals surface area contributed by atoms with Gasteiger partial charge in [-0.2, -0.15) is 0 Å². The third-order valence-corrected chi connectivity index (χ3v) is 4.89. The van der Waals surface area contributed by atoms with Gasteiger partial charge in [0, 0.05) is 32.0 Å². The number of nitrogens with zero attached hydrogens (tertiary/aromatic N) is 2. The molecule has 1 aliphatic rings. The van der Waals surface area contributed by atoms with E-state index in [4.69, 9.17) is 0 Å². The maximum absolute atomic E-state index is 4.49. The van der Waals surface area contributed by atoms with Gasteiger partial charge in [-0.3, -0.25) is 0 Å². The second kappa shape index (κ2) is 6.06. The van der Waals surface area contributed by atoms with Crippen LogP contribution in [0, 0.1) is 5.92 Å². The van der Waals surface area contributed by atoms with E-state index in [-0.39, 0.29) is 0 Å². The highest BCUT2D eigenvalue weighted by atomic mass is 32.1. The van der Waals surface area contributed by atoms with Crippen molar-refractivity contribution in [1.82, 2.24) is 4.98 Å². The summed E-state index contributed by atoms with van der Waals surface area (Å²) in [5.41, 5.74) is 4.14. The van der Waals surface area contributed by atoms with Crippen LogP contribution in [-0.2, 0) is 6.42 Å². The topological polar surface area (TPSA) is 28.2 Å². The fraction of sp³-hybridized carbons (Fsp3) is 0.471. The van der Waals surface area contributed by atoms with Gasteiger partial charge in [-0.15, -0.1) is 0 Å². The Labute approximate surface area is 131 Å². The molecule has 21 heavy (non-hydrogen) atoms. The van der Waals surface area contributed by atoms with Gasteiger partial charge in [0.25, 0.3) is 0 Å². The number of aryl methyl sites for hydroxylation is 1. The van der Waals surface area contributed by atoms with E-state index in [1.807, 2.05) is 6.20 Å². The molecule has 2 heterocycles. The molecule has 0 radical (unpaired) electrons. The van der Waals surface area contributed by atoms with Gasteiger partial charge in [-0.25, -0.2) is 4.98 Å². The summed E-state index contributed by atoms with van der Waals surface area (Å²) in [6.45, 7) is 6.56. The normalized spacial score (nSPS) is 14.4. The van der Waals surface area contributed by atoms with Gasteiger partial charge in [0.05, 0.1) is 4.88 Å². The van der Waals surface area contributed by atoms with Gasteiger partial charge >= 0.3 is 0 Å². The van der Waals surface area contributed by atoms with Crippen LogP contribution in [0.4, 0.5) is 10.8 Å². The zero-order valence-corrected chi connectivity index (χ0v) is 13.8. The third kappa shape index (κ3) is 3.21. The van der Waals surface area contributed by atoms with Crippen molar-refractivity contribution in [3.63, 3.8) is 0 Å². The van der Waals surface area contributed by atoms with E-state index in [0.29, 0.717) is 5.92 Å². The Bertz CT molecular complexity index is 618.